The highest BCUT2D eigenvalue weighted by molar-refractivity contribution is 7.90. The van der Waals surface area contributed by atoms with Crippen molar-refractivity contribution >= 4 is 21.6 Å². The molecule has 2 aromatic carbocycles. The lowest BCUT2D eigenvalue weighted by Crippen LogP contribution is -2.14. The molecule has 0 spiro atoms. The van der Waals surface area contributed by atoms with Crippen LogP contribution in [0.25, 0.3) is 11.3 Å². The molecule has 1 N–H and O–H groups in total. The van der Waals surface area contributed by atoms with Crippen LogP contribution in [0.2, 0.25) is 5.15 Å². The molecule has 0 fully saturated rings. The largest absolute Gasteiger partial charge is 0.391 e. The van der Waals surface area contributed by atoms with E-state index in [0.717, 1.165) is 3.97 Å². The summed E-state index contributed by atoms with van der Waals surface area (Å²) in [5.41, 5.74) is -0.111. The number of rotatable bonds is 4. The van der Waals surface area contributed by atoms with E-state index >= 15 is 0 Å². The smallest absolute Gasteiger partial charge is 0.269 e. The minimum Gasteiger partial charge on any atom is -0.391 e. The van der Waals surface area contributed by atoms with Gasteiger partial charge in [-0.15, -0.1) is 0 Å². The number of hydrogen-bond acceptors (Lipinski definition) is 3. The Morgan fingerprint density at radius 3 is 2.08 bits per heavy atom. The van der Waals surface area contributed by atoms with E-state index in [1.165, 1.54) is 12.1 Å². The molecule has 0 unspecified atom stereocenters. The molecule has 0 amide bonds. The first-order valence-electron chi connectivity index (χ1n) is 7.04. The van der Waals surface area contributed by atoms with Gasteiger partial charge in [-0.25, -0.2) is 16.8 Å². The highest BCUT2D eigenvalue weighted by Crippen LogP contribution is 2.36. The van der Waals surface area contributed by atoms with Crippen LogP contribution in [0.4, 0.5) is 4.39 Å². The second-order valence-electron chi connectivity index (χ2n) is 5.04. The summed E-state index contributed by atoms with van der Waals surface area (Å²) < 4.78 is 41.4. The zero-order valence-corrected chi connectivity index (χ0v) is 13.9. The SMILES string of the molecule is O=S(=O)(c1ccccc1)n1c(Cl)c(CO)c(F)c1-c1ccccc1. The minimum absolute atomic E-state index is 0.0245. The molecule has 0 aliphatic carbocycles. The van der Waals surface area contributed by atoms with E-state index in [2.05, 4.69) is 0 Å². The number of aliphatic hydroxyl groups excluding tert-OH is 1. The van der Waals surface area contributed by atoms with Gasteiger partial charge < -0.3 is 5.11 Å². The number of aromatic nitrogens is 1. The molecule has 1 aromatic heterocycles. The van der Waals surface area contributed by atoms with E-state index in [1.807, 2.05) is 0 Å². The fourth-order valence-electron chi connectivity index (χ4n) is 2.44. The van der Waals surface area contributed by atoms with Gasteiger partial charge in [-0.1, -0.05) is 60.1 Å². The monoisotopic (exact) mass is 365 g/mol. The fourth-order valence-corrected chi connectivity index (χ4v) is 4.40. The number of aliphatic hydroxyl groups is 1. The molecular formula is C17H13ClFNO3S. The van der Waals surface area contributed by atoms with Crippen molar-refractivity contribution < 1.29 is 17.9 Å². The van der Waals surface area contributed by atoms with E-state index in [-0.39, 0.29) is 21.3 Å². The van der Waals surface area contributed by atoms with Crippen molar-refractivity contribution in [1.29, 1.82) is 0 Å². The van der Waals surface area contributed by atoms with Gasteiger partial charge in [-0.2, -0.15) is 0 Å². The zero-order chi connectivity index (χ0) is 17.3. The Balaban J connectivity index is 2.37. The number of hydrogen-bond donors (Lipinski definition) is 1. The molecule has 7 heteroatoms. The zero-order valence-electron chi connectivity index (χ0n) is 12.4. The van der Waals surface area contributed by atoms with E-state index in [0.29, 0.717) is 5.56 Å². The van der Waals surface area contributed by atoms with E-state index in [1.54, 1.807) is 48.5 Å². The van der Waals surface area contributed by atoms with Crippen molar-refractivity contribution in [3.63, 3.8) is 0 Å². The van der Waals surface area contributed by atoms with Crippen LogP contribution < -0.4 is 0 Å². The summed E-state index contributed by atoms with van der Waals surface area (Å²) in [5.74, 6) is -0.854. The average Bonchev–Trinajstić information content (AvgIpc) is 2.87. The molecule has 0 aliphatic heterocycles. The summed E-state index contributed by atoms with van der Waals surface area (Å²) >= 11 is 6.10. The van der Waals surface area contributed by atoms with Crippen LogP contribution in [-0.2, 0) is 16.6 Å². The third-order valence-corrected chi connectivity index (χ3v) is 5.80. The van der Waals surface area contributed by atoms with Gasteiger partial charge in [0.15, 0.2) is 5.82 Å². The first kappa shape index (κ1) is 16.7. The Morgan fingerprint density at radius 1 is 1.00 bits per heavy atom. The van der Waals surface area contributed by atoms with Gasteiger partial charge in [-0.3, -0.25) is 0 Å². The molecule has 0 radical (unpaired) electrons. The Kier molecular flexibility index (Phi) is 4.45. The molecule has 24 heavy (non-hydrogen) atoms. The van der Waals surface area contributed by atoms with Crippen molar-refractivity contribution in [2.24, 2.45) is 0 Å². The number of nitrogens with zero attached hydrogens (tertiary/aromatic N) is 1. The van der Waals surface area contributed by atoms with Crippen molar-refractivity contribution in [2.75, 3.05) is 0 Å². The summed E-state index contributed by atoms with van der Waals surface area (Å²) in [6.45, 7) is -0.707. The summed E-state index contributed by atoms with van der Waals surface area (Å²) in [4.78, 5) is -0.0245. The van der Waals surface area contributed by atoms with Gasteiger partial charge in [-0.05, 0) is 12.1 Å². The number of benzene rings is 2. The lowest BCUT2D eigenvalue weighted by atomic mass is 10.1. The van der Waals surface area contributed by atoms with Crippen LogP contribution in [0.5, 0.6) is 0 Å². The quantitative estimate of drug-likeness (QED) is 0.767. The molecule has 0 saturated carbocycles. The highest BCUT2D eigenvalue weighted by Gasteiger charge is 2.30. The summed E-state index contributed by atoms with van der Waals surface area (Å²) in [7, 11) is -4.13. The van der Waals surface area contributed by atoms with Crippen LogP contribution in [0.3, 0.4) is 0 Å². The summed E-state index contributed by atoms with van der Waals surface area (Å²) in [5, 5.41) is 9.02. The first-order valence-corrected chi connectivity index (χ1v) is 8.85. The molecule has 124 valence electrons. The standard InChI is InChI=1S/C17H13ClFNO3S/c18-17-14(11-21)15(19)16(12-7-3-1-4-8-12)20(17)24(22,23)13-9-5-2-6-10-13/h1-10,21H,11H2. The van der Waals surface area contributed by atoms with Crippen LogP contribution in [0.1, 0.15) is 5.56 Å². The van der Waals surface area contributed by atoms with Crippen molar-refractivity contribution in [2.45, 2.75) is 11.5 Å². The molecule has 4 nitrogen and oxygen atoms in total. The third-order valence-electron chi connectivity index (χ3n) is 3.59. The summed E-state index contributed by atoms with van der Waals surface area (Å²) in [6, 6.07) is 15.8. The van der Waals surface area contributed by atoms with Crippen LogP contribution >= 0.6 is 11.6 Å². The normalized spacial score (nSPS) is 11.6. The van der Waals surface area contributed by atoms with E-state index in [4.69, 9.17) is 11.6 Å². The van der Waals surface area contributed by atoms with Crippen LogP contribution in [0.15, 0.2) is 65.6 Å². The first-order chi connectivity index (χ1) is 11.5. The molecule has 0 atom stereocenters. The Morgan fingerprint density at radius 2 is 1.54 bits per heavy atom. The average molecular weight is 366 g/mol. The van der Waals surface area contributed by atoms with Crippen LogP contribution in [-0.4, -0.2) is 17.5 Å². The van der Waals surface area contributed by atoms with E-state index < -0.39 is 22.4 Å². The van der Waals surface area contributed by atoms with Gasteiger partial charge in [0.2, 0.25) is 0 Å². The maximum absolute atomic E-state index is 14.8. The lowest BCUT2D eigenvalue weighted by molar-refractivity contribution is 0.276. The Bertz CT molecular complexity index is 970. The van der Waals surface area contributed by atoms with Gasteiger partial charge >= 0.3 is 0 Å². The second-order valence-corrected chi connectivity index (χ2v) is 7.18. The van der Waals surface area contributed by atoms with Gasteiger partial charge in [0.1, 0.15) is 10.8 Å². The van der Waals surface area contributed by atoms with Gasteiger partial charge in [0.05, 0.1) is 17.1 Å². The van der Waals surface area contributed by atoms with Crippen LogP contribution in [0, 0.1) is 5.82 Å². The van der Waals surface area contributed by atoms with Crippen molar-refractivity contribution in [3.8, 4) is 11.3 Å². The van der Waals surface area contributed by atoms with Crippen molar-refractivity contribution in [1.82, 2.24) is 3.97 Å². The van der Waals surface area contributed by atoms with Gasteiger partial charge in [0.25, 0.3) is 10.0 Å². The van der Waals surface area contributed by atoms with Crippen molar-refractivity contribution in [3.05, 3.63) is 77.2 Å². The molecule has 3 aromatic rings. The summed E-state index contributed by atoms with van der Waals surface area (Å²) in [6.07, 6.45) is 0. The van der Waals surface area contributed by atoms with E-state index in [9.17, 15) is 17.9 Å². The molecule has 0 saturated heterocycles. The maximum Gasteiger partial charge on any atom is 0.269 e. The molecule has 0 aliphatic rings. The number of halogens is 2. The highest BCUT2D eigenvalue weighted by atomic mass is 35.5. The molecule has 3 rings (SSSR count). The Labute approximate surface area is 143 Å². The Hall–Kier alpha value is -2.15. The minimum atomic E-state index is -4.13. The molecular weight excluding hydrogens is 353 g/mol. The molecule has 1 heterocycles. The lowest BCUT2D eigenvalue weighted by Gasteiger charge is -2.12. The molecule has 0 bridgehead atoms. The maximum atomic E-state index is 14.8. The predicted molar refractivity (Wildman–Crippen MR) is 89.8 cm³/mol. The third kappa shape index (κ3) is 2.62. The predicted octanol–water partition coefficient (Wildman–Crippen LogP) is 3.68. The fraction of sp³-hybridized carbons (Fsp3) is 0.0588. The topological polar surface area (TPSA) is 59.3 Å². The van der Waals surface area contributed by atoms with Gasteiger partial charge in [0, 0.05) is 5.56 Å². The second kappa shape index (κ2) is 6.39.